The van der Waals surface area contributed by atoms with Gasteiger partial charge < -0.3 is 10.6 Å². The summed E-state index contributed by atoms with van der Waals surface area (Å²) in [5.74, 6) is 2.75. The van der Waals surface area contributed by atoms with Gasteiger partial charge in [-0.1, -0.05) is 13.8 Å². The minimum Gasteiger partial charge on any atom is -0.385 e. The normalized spacial score (nSPS) is 22.9. The van der Waals surface area contributed by atoms with Crippen LogP contribution in [0.25, 0.3) is 0 Å². The fourth-order valence-corrected chi connectivity index (χ4v) is 1.82. The lowest BCUT2D eigenvalue weighted by Crippen LogP contribution is -2.06. The van der Waals surface area contributed by atoms with Crippen molar-refractivity contribution < 1.29 is 0 Å². The summed E-state index contributed by atoms with van der Waals surface area (Å²) in [6.45, 7) is 6.55. The molecule has 1 aromatic heterocycles. The summed E-state index contributed by atoms with van der Waals surface area (Å²) in [5.41, 5.74) is 1.17. The smallest absolute Gasteiger partial charge is 0.127 e. The number of hydrogen-bond acceptors (Lipinski definition) is 3. The van der Waals surface area contributed by atoms with Gasteiger partial charge in [0, 0.05) is 31.0 Å². The van der Waals surface area contributed by atoms with Crippen LogP contribution in [0.4, 0.5) is 11.5 Å². The molecular weight excluding hydrogens is 198 g/mol. The molecule has 1 heterocycles. The van der Waals surface area contributed by atoms with E-state index in [1.807, 2.05) is 12.3 Å². The van der Waals surface area contributed by atoms with E-state index in [0.717, 1.165) is 37.2 Å². The van der Waals surface area contributed by atoms with Gasteiger partial charge >= 0.3 is 0 Å². The monoisotopic (exact) mass is 219 g/mol. The van der Waals surface area contributed by atoms with E-state index in [4.69, 9.17) is 0 Å². The van der Waals surface area contributed by atoms with Crippen molar-refractivity contribution in [2.45, 2.75) is 26.7 Å². The second-order valence-electron chi connectivity index (χ2n) is 4.71. The highest BCUT2D eigenvalue weighted by Gasteiger charge is 2.31. The number of anilines is 2. The van der Waals surface area contributed by atoms with Crippen LogP contribution in [0, 0.1) is 11.8 Å². The number of hydrogen-bond donors (Lipinski definition) is 2. The quantitative estimate of drug-likeness (QED) is 0.772. The molecule has 1 fully saturated rings. The van der Waals surface area contributed by atoms with E-state index >= 15 is 0 Å². The highest BCUT2D eigenvalue weighted by atomic mass is 15.0. The number of rotatable bonds is 6. The summed E-state index contributed by atoms with van der Waals surface area (Å²) >= 11 is 0. The van der Waals surface area contributed by atoms with Crippen molar-refractivity contribution in [2.24, 2.45) is 11.8 Å². The molecule has 2 unspecified atom stereocenters. The Bertz CT molecular complexity index is 338. The predicted molar refractivity (Wildman–Crippen MR) is 68.8 cm³/mol. The molecule has 1 aliphatic rings. The first-order chi connectivity index (χ1) is 7.79. The second-order valence-corrected chi connectivity index (χ2v) is 4.71. The Hall–Kier alpha value is -1.25. The first-order valence-corrected chi connectivity index (χ1v) is 6.23. The largest absolute Gasteiger partial charge is 0.385 e. The zero-order chi connectivity index (χ0) is 11.4. The molecule has 0 saturated heterocycles. The fourth-order valence-electron chi connectivity index (χ4n) is 1.82. The van der Waals surface area contributed by atoms with Gasteiger partial charge in [-0.25, -0.2) is 4.98 Å². The Morgan fingerprint density at radius 1 is 1.44 bits per heavy atom. The Morgan fingerprint density at radius 2 is 2.25 bits per heavy atom. The standard InChI is InChI=1S/C13H21N3/c1-3-5-14-13-8-12(4-6-15-13)16-9-11-7-10(11)2/h4,6,8,10-11H,3,5,7,9H2,1-2H3,(H2,14,15,16). The Morgan fingerprint density at radius 3 is 2.94 bits per heavy atom. The molecule has 0 spiro atoms. The fraction of sp³-hybridized carbons (Fsp3) is 0.615. The average Bonchev–Trinajstić information content (AvgIpc) is 3.01. The number of aromatic nitrogens is 1. The minimum atomic E-state index is 0.875. The molecule has 1 aromatic rings. The number of pyridine rings is 1. The molecule has 2 N–H and O–H groups in total. The zero-order valence-electron chi connectivity index (χ0n) is 10.2. The lowest BCUT2D eigenvalue weighted by molar-refractivity contribution is 0.787. The third-order valence-corrected chi connectivity index (χ3v) is 3.16. The molecule has 2 rings (SSSR count). The van der Waals surface area contributed by atoms with E-state index in [-0.39, 0.29) is 0 Å². The maximum atomic E-state index is 4.28. The van der Waals surface area contributed by atoms with Crippen LogP contribution in [0.2, 0.25) is 0 Å². The van der Waals surface area contributed by atoms with Crippen molar-refractivity contribution in [1.29, 1.82) is 0 Å². The highest BCUT2D eigenvalue weighted by molar-refractivity contribution is 5.51. The molecule has 0 radical (unpaired) electrons. The molecule has 2 atom stereocenters. The third kappa shape index (κ3) is 3.12. The molecule has 88 valence electrons. The zero-order valence-corrected chi connectivity index (χ0v) is 10.2. The molecule has 3 nitrogen and oxygen atoms in total. The molecule has 3 heteroatoms. The minimum absolute atomic E-state index is 0.875. The summed E-state index contributed by atoms with van der Waals surface area (Å²) < 4.78 is 0. The summed E-state index contributed by atoms with van der Waals surface area (Å²) in [6.07, 6.45) is 4.36. The van der Waals surface area contributed by atoms with E-state index in [9.17, 15) is 0 Å². The van der Waals surface area contributed by atoms with Crippen molar-refractivity contribution in [2.75, 3.05) is 23.7 Å². The molecule has 0 bridgehead atoms. The predicted octanol–water partition coefficient (Wildman–Crippen LogP) is 2.97. The summed E-state index contributed by atoms with van der Waals surface area (Å²) in [4.78, 5) is 4.28. The van der Waals surface area contributed by atoms with Crippen molar-refractivity contribution in [3.05, 3.63) is 18.3 Å². The van der Waals surface area contributed by atoms with Crippen LogP contribution < -0.4 is 10.6 Å². The van der Waals surface area contributed by atoms with Gasteiger partial charge in [-0.05, 0) is 30.7 Å². The molecular formula is C13H21N3. The van der Waals surface area contributed by atoms with E-state index in [2.05, 4.69) is 35.5 Å². The van der Waals surface area contributed by atoms with Gasteiger partial charge in [0.2, 0.25) is 0 Å². The number of nitrogens with zero attached hydrogens (tertiary/aromatic N) is 1. The molecule has 0 amide bonds. The maximum Gasteiger partial charge on any atom is 0.127 e. The van der Waals surface area contributed by atoms with Crippen LogP contribution in [0.3, 0.4) is 0 Å². The molecule has 1 saturated carbocycles. The maximum absolute atomic E-state index is 4.28. The van der Waals surface area contributed by atoms with Crippen LogP contribution in [-0.2, 0) is 0 Å². The van der Waals surface area contributed by atoms with Crippen LogP contribution >= 0.6 is 0 Å². The van der Waals surface area contributed by atoms with Crippen LogP contribution in [0.1, 0.15) is 26.7 Å². The van der Waals surface area contributed by atoms with Crippen molar-refractivity contribution in [1.82, 2.24) is 4.98 Å². The number of nitrogens with one attached hydrogen (secondary N) is 2. The summed E-state index contributed by atoms with van der Waals surface area (Å²) in [6, 6.07) is 4.12. The van der Waals surface area contributed by atoms with E-state index < -0.39 is 0 Å². The van der Waals surface area contributed by atoms with Crippen molar-refractivity contribution in [3.8, 4) is 0 Å². The first-order valence-electron chi connectivity index (χ1n) is 6.23. The van der Waals surface area contributed by atoms with Crippen molar-refractivity contribution >= 4 is 11.5 Å². The van der Waals surface area contributed by atoms with Gasteiger partial charge in [0.05, 0.1) is 0 Å². The average molecular weight is 219 g/mol. The Kier molecular flexibility index (Phi) is 3.65. The first kappa shape index (κ1) is 11.2. The Balaban J connectivity index is 1.83. The van der Waals surface area contributed by atoms with Crippen molar-refractivity contribution in [3.63, 3.8) is 0 Å². The van der Waals surface area contributed by atoms with Gasteiger partial charge in [0.15, 0.2) is 0 Å². The highest BCUT2D eigenvalue weighted by Crippen LogP contribution is 2.37. The third-order valence-electron chi connectivity index (χ3n) is 3.16. The SMILES string of the molecule is CCCNc1cc(NCC2CC2C)ccn1. The van der Waals surface area contributed by atoms with Gasteiger partial charge in [-0.2, -0.15) is 0 Å². The van der Waals surface area contributed by atoms with Crippen LogP contribution in [-0.4, -0.2) is 18.1 Å². The molecule has 0 aromatic carbocycles. The van der Waals surface area contributed by atoms with E-state index in [0.29, 0.717) is 0 Å². The summed E-state index contributed by atoms with van der Waals surface area (Å²) in [7, 11) is 0. The molecule has 1 aliphatic carbocycles. The van der Waals surface area contributed by atoms with E-state index in [1.165, 1.54) is 12.1 Å². The second kappa shape index (κ2) is 5.19. The lowest BCUT2D eigenvalue weighted by atomic mass is 10.3. The van der Waals surface area contributed by atoms with Crippen LogP contribution in [0.5, 0.6) is 0 Å². The summed E-state index contributed by atoms with van der Waals surface area (Å²) in [5, 5.41) is 6.77. The van der Waals surface area contributed by atoms with Crippen LogP contribution in [0.15, 0.2) is 18.3 Å². The van der Waals surface area contributed by atoms with Gasteiger partial charge in [-0.3, -0.25) is 0 Å². The molecule has 0 aliphatic heterocycles. The van der Waals surface area contributed by atoms with Gasteiger partial charge in [0.25, 0.3) is 0 Å². The van der Waals surface area contributed by atoms with Gasteiger partial charge in [-0.15, -0.1) is 0 Å². The van der Waals surface area contributed by atoms with E-state index in [1.54, 1.807) is 0 Å². The van der Waals surface area contributed by atoms with Gasteiger partial charge in [0.1, 0.15) is 5.82 Å². The Labute approximate surface area is 97.7 Å². The lowest BCUT2D eigenvalue weighted by Gasteiger charge is -2.08. The topological polar surface area (TPSA) is 37.0 Å². The molecule has 16 heavy (non-hydrogen) atoms.